The van der Waals surface area contributed by atoms with Crippen molar-refractivity contribution in [3.63, 3.8) is 0 Å². The summed E-state index contributed by atoms with van der Waals surface area (Å²) in [5, 5.41) is 13.9. The normalized spacial score (nSPS) is 10.2. The first-order valence-corrected chi connectivity index (χ1v) is 7.54. The van der Waals surface area contributed by atoms with Crippen LogP contribution < -0.4 is 5.32 Å². The highest BCUT2D eigenvalue weighted by Gasteiger charge is 2.14. The third-order valence-electron chi connectivity index (χ3n) is 2.53. The SMILES string of the molecule is O=C(Nc1ccc(Br)c([N+](=O)[O-])c1)c1cc(Cl)cc(Br)c1. The highest BCUT2D eigenvalue weighted by atomic mass is 79.9. The van der Waals surface area contributed by atoms with E-state index in [0.717, 1.165) is 0 Å². The van der Waals surface area contributed by atoms with Crippen LogP contribution in [0.4, 0.5) is 11.4 Å². The molecule has 0 unspecified atom stereocenters. The van der Waals surface area contributed by atoms with E-state index in [-0.39, 0.29) is 5.69 Å². The van der Waals surface area contributed by atoms with Gasteiger partial charge in [0, 0.05) is 26.8 Å². The molecule has 108 valence electrons. The minimum atomic E-state index is -0.532. The average Bonchev–Trinajstić information content (AvgIpc) is 2.39. The molecule has 0 spiro atoms. The standard InChI is InChI=1S/C13H7Br2ClN2O3/c14-8-3-7(4-9(16)5-8)13(19)17-10-1-2-11(15)12(6-10)18(20)21/h1-6H,(H,17,19). The van der Waals surface area contributed by atoms with Crippen LogP contribution in [0.2, 0.25) is 5.02 Å². The zero-order chi connectivity index (χ0) is 15.6. The molecule has 2 aromatic carbocycles. The molecule has 0 heterocycles. The Balaban J connectivity index is 2.27. The van der Waals surface area contributed by atoms with Crippen LogP contribution >= 0.6 is 43.5 Å². The number of amides is 1. The van der Waals surface area contributed by atoms with Crippen LogP contribution in [-0.4, -0.2) is 10.8 Å². The number of nitrogens with zero attached hydrogens (tertiary/aromatic N) is 1. The first-order chi connectivity index (χ1) is 9.86. The summed E-state index contributed by atoms with van der Waals surface area (Å²) in [5.41, 5.74) is 0.547. The highest BCUT2D eigenvalue weighted by Crippen LogP contribution is 2.28. The Hall–Kier alpha value is -1.44. The van der Waals surface area contributed by atoms with E-state index >= 15 is 0 Å². The van der Waals surface area contributed by atoms with Gasteiger partial charge in [0.2, 0.25) is 0 Å². The van der Waals surface area contributed by atoms with E-state index in [1.165, 1.54) is 18.2 Å². The van der Waals surface area contributed by atoms with Crippen LogP contribution in [0.3, 0.4) is 0 Å². The number of hydrogen-bond donors (Lipinski definition) is 1. The lowest BCUT2D eigenvalue weighted by atomic mass is 10.2. The van der Waals surface area contributed by atoms with Gasteiger partial charge in [-0.15, -0.1) is 0 Å². The van der Waals surface area contributed by atoms with Crippen LogP contribution in [0.15, 0.2) is 45.3 Å². The Morgan fingerprint density at radius 3 is 2.52 bits per heavy atom. The highest BCUT2D eigenvalue weighted by molar-refractivity contribution is 9.10. The summed E-state index contributed by atoms with van der Waals surface area (Å²) in [6.07, 6.45) is 0. The number of nitrogens with one attached hydrogen (secondary N) is 1. The molecule has 5 nitrogen and oxygen atoms in total. The van der Waals surface area contributed by atoms with E-state index in [1.54, 1.807) is 18.2 Å². The number of benzene rings is 2. The van der Waals surface area contributed by atoms with Gasteiger partial charge in [-0.05, 0) is 46.3 Å². The van der Waals surface area contributed by atoms with Gasteiger partial charge < -0.3 is 5.32 Å². The summed E-state index contributed by atoms with van der Waals surface area (Å²) in [5.74, 6) is -0.408. The Labute approximate surface area is 141 Å². The number of rotatable bonds is 3. The van der Waals surface area contributed by atoms with E-state index in [4.69, 9.17) is 11.6 Å². The van der Waals surface area contributed by atoms with E-state index in [1.807, 2.05) is 0 Å². The Morgan fingerprint density at radius 2 is 1.90 bits per heavy atom. The maximum atomic E-state index is 12.1. The lowest BCUT2D eigenvalue weighted by Crippen LogP contribution is -2.12. The van der Waals surface area contributed by atoms with Gasteiger partial charge in [0.1, 0.15) is 0 Å². The fraction of sp³-hybridized carbons (Fsp3) is 0. The molecule has 1 N–H and O–H groups in total. The van der Waals surface area contributed by atoms with Gasteiger partial charge in [-0.25, -0.2) is 0 Å². The second-order valence-electron chi connectivity index (χ2n) is 4.04. The molecule has 0 fully saturated rings. The van der Waals surface area contributed by atoms with Crippen LogP contribution in [0.5, 0.6) is 0 Å². The van der Waals surface area contributed by atoms with Gasteiger partial charge in [-0.1, -0.05) is 27.5 Å². The predicted molar refractivity (Wildman–Crippen MR) is 87.9 cm³/mol. The third kappa shape index (κ3) is 4.03. The topological polar surface area (TPSA) is 72.2 Å². The molecule has 0 aliphatic rings. The van der Waals surface area contributed by atoms with Crippen molar-refractivity contribution in [2.45, 2.75) is 0 Å². The van der Waals surface area contributed by atoms with Gasteiger partial charge in [-0.2, -0.15) is 0 Å². The molecule has 2 rings (SSSR count). The van der Waals surface area contributed by atoms with E-state index < -0.39 is 10.8 Å². The van der Waals surface area contributed by atoms with Gasteiger partial charge in [0.25, 0.3) is 11.6 Å². The second kappa shape index (κ2) is 6.55. The van der Waals surface area contributed by atoms with Gasteiger partial charge >= 0.3 is 0 Å². The molecule has 21 heavy (non-hydrogen) atoms. The van der Waals surface area contributed by atoms with Crippen molar-refractivity contribution in [1.82, 2.24) is 0 Å². The molecule has 0 aliphatic heterocycles. The molecule has 1 amide bonds. The van der Waals surface area contributed by atoms with Crippen molar-refractivity contribution in [3.8, 4) is 0 Å². The number of halogens is 3. The van der Waals surface area contributed by atoms with Crippen LogP contribution in [0, 0.1) is 10.1 Å². The Kier molecular flexibility index (Phi) is 4.97. The van der Waals surface area contributed by atoms with Crippen molar-refractivity contribution < 1.29 is 9.72 Å². The Morgan fingerprint density at radius 1 is 1.19 bits per heavy atom. The zero-order valence-corrected chi connectivity index (χ0v) is 14.2. The molecule has 8 heteroatoms. The van der Waals surface area contributed by atoms with Crippen LogP contribution in [-0.2, 0) is 0 Å². The maximum absolute atomic E-state index is 12.1. The summed E-state index contributed by atoms with van der Waals surface area (Å²) in [7, 11) is 0. The predicted octanol–water partition coefficient (Wildman–Crippen LogP) is 5.03. The molecular formula is C13H7Br2ClN2O3. The smallest absolute Gasteiger partial charge is 0.285 e. The minimum Gasteiger partial charge on any atom is -0.322 e. The van der Waals surface area contributed by atoms with Crippen molar-refractivity contribution in [2.24, 2.45) is 0 Å². The zero-order valence-electron chi connectivity index (χ0n) is 10.3. The van der Waals surface area contributed by atoms with Crippen molar-refractivity contribution in [2.75, 3.05) is 5.32 Å². The molecule has 0 aromatic heterocycles. The summed E-state index contributed by atoms with van der Waals surface area (Å²) in [6, 6.07) is 9.12. The van der Waals surface area contributed by atoms with Crippen molar-refractivity contribution >= 4 is 60.7 Å². The molecule has 0 atom stereocenters. The number of anilines is 1. The van der Waals surface area contributed by atoms with Gasteiger partial charge in [-0.3, -0.25) is 14.9 Å². The number of nitro benzene ring substituents is 1. The lowest BCUT2D eigenvalue weighted by molar-refractivity contribution is -0.385. The average molecular weight is 434 g/mol. The fourth-order valence-electron chi connectivity index (χ4n) is 1.62. The molecule has 0 bridgehead atoms. The molecule has 0 saturated heterocycles. The van der Waals surface area contributed by atoms with E-state index in [9.17, 15) is 14.9 Å². The number of hydrogen-bond acceptors (Lipinski definition) is 3. The van der Waals surface area contributed by atoms with Gasteiger partial charge in [0.05, 0.1) is 9.40 Å². The first-order valence-electron chi connectivity index (χ1n) is 5.58. The summed E-state index contributed by atoms with van der Waals surface area (Å²) in [6.45, 7) is 0. The minimum absolute atomic E-state index is 0.125. The molecule has 0 saturated carbocycles. The molecule has 2 aromatic rings. The molecule has 0 aliphatic carbocycles. The Bertz CT molecular complexity index is 717. The van der Waals surface area contributed by atoms with Gasteiger partial charge in [0.15, 0.2) is 0 Å². The van der Waals surface area contributed by atoms with Crippen LogP contribution in [0.25, 0.3) is 0 Å². The molecular weight excluding hydrogens is 427 g/mol. The maximum Gasteiger partial charge on any atom is 0.285 e. The largest absolute Gasteiger partial charge is 0.322 e. The van der Waals surface area contributed by atoms with Crippen molar-refractivity contribution in [3.05, 3.63) is 66.0 Å². The number of carbonyl (C=O) groups is 1. The first kappa shape index (κ1) is 15.9. The third-order valence-corrected chi connectivity index (χ3v) is 3.87. The van der Waals surface area contributed by atoms with Crippen LogP contribution in [0.1, 0.15) is 10.4 Å². The molecule has 0 radical (unpaired) electrons. The summed E-state index contributed by atoms with van der Waals surface area (Å²) in [4.78, 5) is 22.4. The lowest BCUT2D eigenvalue weighted by Gasteiger charge is -2.07. The van der Waals surface area contributed by atoms with E-state index in [0.29, 0.717) is 25.2 Å². The summed E-state index contributed by atoms with van der Waals surface area (Å²) < 4.78 is 1.01. The fourth-order valence-corrected chi connectivity index (χ4v) is 2.87. The number of nitro groups is 1. The second-order valence-corrected chi connectivity index (χ2v) is 6.24. The van der Waals surface area contributed by atoms with Crippen molar-refractivity contribution in [1.29, 1.82) is 0 Å². The quantitative estimate of drug-likeness (QED) is 0.544. The monoisotopic (exact) mass is 432 g/mol. The number of carbonyl (C=O) groups excluding carboxylic acids is 1. The van der Waals surface area contributed by atoms with E-state index in [2.05, 4.69) is 37.2 Å². The summed E-state index contributed by atoms with van der Waals surface area (Å²) >= 11 is 12.2.